The number of anilines is 1. The number of methoxy groups -OCH3 is 1. The molecule has 0 aromatic heterocycles. The number of rotatable bonds is 4. The monoisotopic (exact) mass is 374 g/mol. The molecule has 7 nitrogen and oxygen atoms in total. The largest absolute Gasteiger partial charge is 0.497 e. The van der Waals surface area contributed by atoms with Crippen molar-refractivity contribution in [2.75, 3.05) is 58.2 Å². The second-order valence-corrected chi connectivity index (χ2v) is 7.22. The minimum atomic E-state index is -0.109. The Morgan fingerprint density at radius 3 is 2.33 bits per heavy atom. The average molecular weight is 374 g/mol. The fourth-order valence-corrected chi connectivity index (χ4v) is 3.62. The third kappa shape index (κ3) is 5.60. The molecule has 1 N–H and O–H groups in total. The van der Waals surface area contributed by atoms with Crippen molar-refractivity contribution in [2.24, 2.45) is 0 Å². The minimum absolute atomic E-state index is 0.109. The van der Waals surface area contributed by atoms with Gasteiger partial charge in [-0.15, -0.1) is 0 Å². The van der Waals surface area contributed by atoms with Gasteiger partial charge in [0.05, 0.1) is 13.7 Å². The van der Waals surface area contributed by atoms with Crippen molar-refractivity contribution in [1.29, 1.82) is 0 Å². The van der Waals surface area contributed by atoms with Gasteiger partial charge in [-0.05, 0) is 25.0 Å². The molecule has 2 fully saturated rings. The van der Waals surface area contributed by atoms with Crippen LogP contribution in [0.3, 0.4) is 0 Å². The molecular weight excluding hydrogens is 344 g/mol. The van der Waals surface area contributed by atoms with E-state index >= 15 is 0 Å². The number of ether oxygens (including phenoxy) is 1. The molecule has 148 valence electrons. The van der Waals surface area contributed by atoms with E-state index in [0.29, 0.717) is 25.4 Å². The first kappa shape index (κ1) is 19.5. The predicted molar refractivity (Wildman–Crippen MR) is 105 cm³/mol. The molecule has 0 spiro atoms. The van der Waals surface area contributed by atoms with Crippen LogP contribution < -0.4 is 10.1 Å². The van der Waals surface area contributed by atoms with E-state index < -0.39 is 0 Å². The summed E-state index contributed by atoms with van der Waals surface area (Å²) in [6.45, 7) is 4.96. The first-order valence-corrected chi connectivity index (χ1v) is 9.86. The highest BCUT2D eigenvalue weighted by molar-refractivity contribution is 5.89. The Kier molecular flexibility index (Phi) is 6.92. The molecule has 0 saturated carbocycles. The van der Waals surface area contributed by atoms with Crippen LogP contribution in [0.1, 0.15) is 25.7 Å². The molecule has 3 rings (SSSR count). The zero-order chi connectivity index (χ0) is 19.1. The lowest BCUT2D eigenvalue weighted by Crippen LogP contribution is -2.52. The number of piperazine rings is 1. The number of amides is 3. The van der Waals surface area contributed by atoms with Gasteiger partial charge in [-0.1, -0.05) is 18.9 Å². The van der Waals surface area contributed by atoms with Gasteiger partial charge in [0, 0.05) is 51.0 Å². The maximum atomic E-state index is 12.5. The second kappa shape index (κ2) is 9.60. The highest BCUT2D eigenvalue weighted by Gasteiger charge is 2.24. The highest BCUT2D eigenvalue weighted by atomic mass is 16.5. The van der Waals surface area contributed by atoms with Crippen molar-refractivity contribution in [2.45, 2.75) is 25.7 Å². The summed E-state index contributed by atoms with van der Waals surface area (Å²) in [6.07, 6.45) is 4.68. The summed E-state index contributed by atoms with van der Waals surface area (Å²) >= 11 is 0. The molecule has 0 bridgehead atoms. The lowest BCUT2D eigenvalue weighted by atomic mass is 10.2. The summed E-state index contributed by atoms with van der Waals surface area (Å²) < 4.78 is 5.18. The van der Waals surface area contributed by atoms with Crippen LogP contribution in [0.15, 0.2) is 24.3 Å². The van der Waals surface area contributed by atoms with E-state index in [-0.39, 0.29) is 11.9 Å². The van der Waals surface area contributed by atoms with E-state index in [1.807, 2.05) is 23.1 Å². The predicted octanol–water partition coefficient (Wildman–Crippen LogP) is 2.25. The Morgan fingerprint density at radius 2 is 1.67 bits per heavy atom. The molecule has 2 aliphatic heterocycles. The molecule has 0 aliphatic carbocycles. The molecule has 0 unspecified atom stereocenters. The average Bonchev–Trinajstić information content (AvgIpc) is 2.98. The van der Waals surface area contributed by atoms with Crippen molar-refractivity contribution in [3.05, 3.63) is 24.3 Å². The van der Waals surface area contributed by atoms with Crippen molar-refractivity contribution in [3.8, 4) is 5.75 Å². The smallest absolute Gasteiger partial charge is 0.321 e. The number of urea groups is 1. The molecule has 2 aliphatic rings. The van der Waals surface area contributed by atoms with Gasteiger partial charge < -0.3 is 19.9 Å². The molecule has 1 aromatic carbocycles. The van der Waals surface area contributed by atoms with Crippen molar-refractivity contribution in [3.63, 3.8) is 0 Å². The van der Waals surface area contributed by atoms with Crippen molar-refractivity contribution < 1.29 is 14.3 Å². The van der Waals surface area contributed by atoms with Gasteiger partial charge in [-0.25, -0.2) is 4.79 Å². The number of benzene rings is 1. The summed E-state index contributed by atoms with van der Waals surface area (Å²) in [5, 5.41) is 2.91. The van der Waals surface area contributed by atoms with Crippen LogP contribution in [0.2, 0.25) is 0 Å². The lowest BCUT2D eigenvalue weighted by Gasteiger charge is -2.35. The van der Waals surface area contributed by atoms with Gasteiger partial charge in [0.2, 0.25) is 5.91 Å². The SMILES string of the molecule is COc1cccc(NC(=O)N2CCN(CC(=O)N3CCCCCC3)CC2)c1. The molecule has 3 amide bonds. The summed E-state index contributed by atoms with van der Waals surface area (Å²) in [5.41, 5.74) is 0.720. The first-order valence-electron chi connectivity index (χ1n) is 9.86. The van der Waals surface area contributed by atoms with Crippen molar-refractivity contribution in [1.82, 2.24) is 14.7 Å². The summed E-state index contributed by atoms with van der Waals surface area (Å²) in [5.74, 6) is 0.941. The van der Waals surface area contributed by atoms with Gasteiger partial charge in [0.25, 0.3) is 0 Å². The maximum Gasteiger partial charge on any atom is 0.321 e. The van der Waals surface area contributed by atoms with Crippen LogP contribution in [0.5, 0.6) is 5.75 Å². The minimum Gasteiger partial charge on any atom is -0.497 e. The third-order valence-corrected chi connectivity index (χ3v) is 5.30. The van der Waals surface area contributed by atoms with E-state index in [1.54, 1.807) is 18.1 Å². The van der Waals surface area contributed by atoms with E-state index in [0.717, 1.165) is 44.7 Å². The summed E-state index contributed by atoms with van der Waals surface area (Å²) in [4.78, 5) is 30.9. The summed E-state index contributed by atoms with van der Waals surface area (Å²) in [6, 6.07) is 7.22. The van der Waals surface area contributed by atoms with E-state index in [1.165, 1.54) is 12.8 Å². The van der Waals surface area contributed by atoms with Gasteiger partial charge in [0.15, 0.2) is 0 Å². The standard InChI is InChI=1S/C20H30N4O3/c1-27-18-8-6-7-17(15-18)21-20(26)24-13-11-22(12-14-24)16-19(25)23-9-4-2-3-5-10-23/h6-8,15H,2-5,9-14,16H2,1H3,(H,21,26). The van der Waals surface area contributed by atoms with Crippen LogP contribution in [0.25, 0.3) is 0 Å². The molecule has 0 radical (unpaired) electrons. The van der Waals surface area contributed by atoms with Gasteiger partial charge >= 0.3 is 6.03 Å². The normalized spacial score (nSPS) is 18.7. The molecule has 2 saturated heterocycles. The molecular formula is C20H30N4O3. The first-order chi connectivity index (χ1) is 13.2. The number of hydrogen-bond acceptors (Lipinski definition) is 4. The van der Waals surface area contributed by atoms with Crippen LogP contribution in [0, 0.1) is 0 Å². The molecule has 1 aromatic rings. The topological polar surface area (TPSA) is 65.1 Å². The zero-order valence-corrected chi connectivity index (χ0v) is 16.2. The number of carbonyl (C=O) groups excluding carboxylic acids is 2. The Morgan fingerprint density at radius 1 is 0.963 bits per heavy atom. The number of hydrogen-bond donors (Lipinski definition) is 1. The zero-order valence-electron chi connectivity index (χ0n) is 16.2. The fourth-order valence-electron chi connectivity index (χ4n) is 3.62. The molecule has 2 heterocycles. The number of nitrogens with one attached hydrogen (secondary N) is 1. The van der Waals surface area contributed by atoms with Gasteiger partial charge in [-0.3, -0.25) is 9.69 Å². The van der Waals surface area contributed by atoms with Gasteiger partial charge in [0.1, 0.15) is 5.75 Å². The quantitative estimate of drug-likeness (QED) is 0.878. The Bertz CT molecular complexity index is 636. The second-order valence-electron chi connectivity index (χ2n) is 7.22. The Balaban J connectivity index is 1.43. The number of likely N-dealkylation sites (tertiary alicyclic amines) is 1. The van der Waals surface area contributed by atoms with Crippen LogP contribution in [-0.2, 0) is 4.79 Å². The molecule has 7 heteroatoms. The Hall–Kier alpha value is -2.28. The van der Waals surface area contributed by atoms with Crippen LogP contribution >= 0.6 is 0 Å². The third-order valence-electron chi connectivity index (χ3n) is 5.30. The number of nitrogens with zero attached hydrogens (tertiary/aromatic N) is 3. The van der Waals surface area contributed by atoms with E-state index in [2.05, 4.69) is 10.2 Å². The van der Waals surface area contributed by atoms with E-state index in [4.69, 9.17) is 4.74 Å². The van der Waals surface area contributed by atoms with Crippen LogP contribution in [-0.4, -0.2) is 79.6 Å². The van der Waals surface area contributed by atoms with Crippen LogP contribution in [0.4, 0.5) is 10.5 Å². The summed E-state index contributed by atoms with van der Waals surface area (Å²) in [7, 11) is 1.60. The highest BCUT2D eigenvalue weighted by Crippen LogP contribution is 2.17. The molecule has 27 heavy (non-hydrogen) atoms. The molecule has 0 atom stereocenters. The van der Waals surface area contributed by atoms with Crippen molar-refractivity contribution >= 4 is 17.6 Å². The van der Waals surface area contributed by atoms with E-state index in [9.17, 15) is 9.59 Å². The Labute approximate surface area is 161 Å². The number of carbonyl (C=O) groups is 2. The fraction of sp³-hybridized carbons (Fsp3) is 0.600. The maximum absolute atomic E-state index is 12.5. The lowest BCUT2D eigenvalue weighted by molar-refractivity contribution is -0.132. The van der Waals surface area contributed by atoms with Gasteiger partial charge in [-0.2, -0.15) is 0 Å².